The molecular weight excluding hydrogens is 188 g/mol. The van der Waals surface area contributed by atoms with Crippen LogP contribution in [-0.2, 0) is 0 Å². The maximum Gasteiger partial charge on any atom is 0.101 e. The van der Waals surface area contributed by atoms with Crippen molar-refractivity contribution >= 4 is 0 Å². The number of furan rings is 1. The Balaban J connectivity index is 2.56. The lowest BCUT2D eigenvalue weighted by Crippen LogP contribution is -1.84. The molecule has 0 N–H and O–H groups in total. The second-order valence-corrected chi connectivity index (χ2v) is 3.00. The number of nitrogens with zero attached hydrogens (tertiary/aromatic N) is 2. The van der Waals surface area contributed by atoms with E-state index in [-0.39, 0.29) is 0 Å². The van der Waals surface area contributed by atoms with E-state index in [2.05, 4.69) is 0 Å². The van der Waals surface area contributed by atoms with Gasteiger partial charge >= 0.3 is 0 Å². The Morgan fingerprint density at radius 1 is 0.933 bits per heavy atom. The van der Waals surface area contributed by atoms with E-state index in [1.165, 1.54) is 0 Å². The molecule has 0 saturated heterocycles. The largest absolute Gasteiger partial charge is 0.472 e. The molecule has 1 aromatic carbocycles. The molecule has 70 valence electrons. The summed E-state index contributed by atoms with van der Waals surface area (Å²) in [5.41, 5.74) is 2.55. The first kappa shape index (κ1) is 9.05. The van der Waals surface area contributed by atoms with Crippen molar-refractivity contribution < 1.29 is 4.42 Å². The summed E-state index contributed by atoms with van der Waals surface area (Å²) in [4.78, 5) is 0. The van der Waals surface area contributed by atoms with Gasteiger partial charge in [0, 0.05) is 5.56 Å². The molecule has 2 rings (SSSR count). The van der Waals surface area contributed by atoms with E-state index in [0.717, 1.165) is 11.1 Å². The molecule has 0 aliphatic rings. The fourth-order valence-electron chi connectivity index (χ4n) is 1.34. The summed E-state index contributed by atoms with van der Waals surface area (Å²) in [6.07, 6.45) is 3.17. The van der Waals surface area contributed by atoms with Gasteiger partial charge in [-0.1, -0.05) is 6.07 Å². The lowest BCUT2D eigenvalue weighted by atomic mass is 10.0. The van der Waals surface area contributed by atoms with Crippen LogP contribution in [0.5, 0.6) is 0 Å². The minimum atomic E-state index is 0.385. The van der Waals surface area contributed by atoms with Crippen LogP contribution in [0, 0.1) is 22.7 Å². The van der Waals surface area contributed by atoms with Gasteiger partial charge in [-0.25, -0.2) is 0 Å². The molecule has 3 heteroatoms. The molecule has 3 nitrogen and oxygen atoms in total. The van der Waals surface area contributed by atoms with Crippen LogP contribution >= 0.6 is 0 Å². The van der Waals surface area contributed by atoms with Crippen molar-refractivity contribution in [3.05, 3.63) is 47.9 Å². The topological polar surface area (TPSA) is 60.7 Å². The maximum atomic E-state index is 8.85. The normalized spacial score (nSPS) is 9.20. The Labute approximate surface area is 86.8 Å². The van der Waals surface area contributed by atoms with Gasteiger partial charge in [0.2, 0.25) is 0 Å². The molecule has 0 fully saturated rings. The zero-order chi connectivity index (χ0) is 10.7. The molecule has 0 amide bonds. The standard InChI is InChI=1S/C12H6N2O/c13-6-10-2-1-9(5-12(10)7-14)11-3-4-15-8-11/h1-5,8H. The molecule has 0 unspecified atom stereocenters. The highest BCUT2D eigenvalue weighted by Gasteiger charge is 2.04. The first-order chi connectivity index (χ1) is 7.35. The van der Waals surface area contributed by atoms with Gasteiger partial charge in [-0.2, -0.15) is 10.5 Å². The van der Waals surface area contributed by atoms with E-state index in [1.807, 2.05) is 18.2 Å². The Hall–Kier alpha value is -2.52. The minimum Gasteiger partial charge on any atom is -0.472 e. The monoisotopic (exact) mass is 194 g/mol. The van der Waals surface area contributed by atoms with Crippen LogP contribution in [0.2, 0.25) is 0 Å². The number of rotatable bonds is 1. The third kappa shape index (κ3) is 1.59. The average molecular weight is 194 g/mol. The first-order valence-electron chi connectivity index (χ1n) is 4.32. The van der Waals surface area contributed by atoms with Crippen molar-refractivity contribution in [1.29, 1.82) is 10.5 Å². The summed E-state index contributed by atoms with van der Waals surface area (Å²) in [5.74, 6) is 0. The van der Waals surface area contributed by atoms with Crippen molar-refractivity contribution in [2.24, 2.45) is 0 Å². The molecule has 0 aliphatic heterocycles. The quantitative estimate of drug-likeness (QED) is 0.701. The number of nitriles is 2. The predicted molar refractivity (Wildman–Crippen MR) is 53.6 cm³/mol. The van der Waals surface area contributed by atoms with Crippen molar-refractivity contribution in [3.8, 4) is 23.3 Å². The average Bonchev–Trinajstić information content (AvgIpc) is 2.81. The Morgan fingerprint density at radius 2 is 1.73 bits per heavy atom. The van der Waals surface area contributed by atoms with Crippen LogP contribution in [0.1, 0.15) is 11.1 Å². The van der Waals surface area contributed by atoms with Crippen LogP contribution in [0.3, 0.4) is 0 Å². The van der Waals surface area contributed by atoms with E-state index in [9.17, 15) is 0 Å². The molecule has 1 heterocycles. The second kappa shape index (κ2) is 3.69. The summed E-state index contributed by atoms with van der Waals surface area (Å²) >= 11 is 0. The zero-order valence-electron chi connectivity index (χ0n) is 7.77. The smallest absolute Gasteiger partial charge is 0.101 e. The summed E-state index contributed by atoms with van der Waals surface area (Å²) < 4.78 is 4.95. The summed E-state index contributed by atoms with van der Waals surface area (Å²) in [5, 5.41) is 17.6. The van der Waals surface area contributed by atoms with Gasteiger partial charge in [0.1, 0.15) is 12.1 Å². The second-order valence-electron chi connectivity index (χ2n) is 3.00. The predicted octanol–water partition coefficient (Wildman–Crippen LogP) is 2.69. The van der Waals surface area contributed by atoms with Crippen LogP contribution < -0.4 is 0 Å². The first-order valence-corrected chi connectivity index (χ1v) is 4.32. The molecule has 0 saturated carbocycles. The molecule has 0 atom stereocenters. The lowest BCUT2D eigenvalue weighted by Gasteiger charge is -1.98. The van der Waals surface area contributed by atoms with E-state index in [1.54, 1.807) is 30.7 Å². The SMILES string of the molecule is N#Cc1ccc(-c2ccoc2)cc1C#N. The summed E-state index contributed by atoms with van der Waals surface area (Å²) in [6.45, 7) is 0. The van der Waals surface area contributed by atoms with Gasteiger partial charge in [0.05, 0.1) is 23.7 Å². The maximum absolute atomic E-state index is 8.85. The molecule has 15 heavy (non-hydrogen) atoms. The lowest BCUT2D eigenvalue weighted by molar-refractivity contribution is 0.568. The van der Waals surface area contributed by atoms with Crippen LogP contribution in [0.25, 0.3) is 11.1 Å². The Morgan fingerprint density at radius 3 is 2.33 bits per heavy atom. The van der Waals surface area contributed by atoms with E-state index in [0.29, 0.717) is 11.1 Å². The third-order valence-electron chi connectivity index (χ3n) is 2.11. The summed E-state index contributed by atoms with van der Waals surface area (Å²) in [6, 6.07) is 10.9. The fourth-order valence-corrected chi connectivity index (χ4v) is 1.34. The Kier molecular flexibility index (Phi) is 2.23. The van der Waals surface area contributed by atoms with E-state index in [4.69, 9.17) is 14.9 Å². The van der Waals surface area contributed by atoms with Crippen LogP contribution in [-0.4, -0.2) is 0 Å². The van der Waals surface area contributed by atoms with Crippen molar-refractivity contribution in [3.63, 3.8) is 0 Å². The molecule has 0 aliphatic carbocycles. The highest BCUT2D eigenvalue weighted by atomic mass is 16.3. The molecule has 0 bridgehead atoms. The number of hydrogen-bond acceptors (Lipinski definition) is 3. The van der Waals surface area contributed by atoms with Gasteiger partial charge < -0.3 is 4.42 Å². The fraction of sp³-hybridized carbons (Fsp3) is 0. The third-order valence-corrected chi connectivity index (χ3v) is 2.11. The zero-order valence-corrected chi connectivity index (χ0v) is 7.77. The highest BCUT2D eigenvalue weighted by molar-refractivity contribution is 5.66. The van der Waals surface area contributed by atoms with Gasteiger partial charge in [0.15, 0.2) is 0 Å². The van der Waals surface area contributed by atoms with Crippen LogP contribution in [0.15, 0.2) is 41.2 Å². The molecule has 0 radical (unpaired) electrons. The molecule has 0 spiro atoms. The highest BCUT2D eigenvalue weighted by Crippen LogP contribution is 2.22. The van der Waals surface area contributed by atoms with Gasteiger partial charge in [-0.15, -0.1) is 0 Å². The molecule has 1 aromatic heterocycles. The van der Waals surface area contributed by atoms with Gasteiger partial charge in [0.25, 0.3) is 0 Å². The van der Waals surface area contributed by atoms with E-state index < -0.39 is 0 Å². The minimum absolute atomic E-state index is 0.385. The Bertz CT molecular complexity index is 556. The summed E-state index contributed by atoms with van der Waals surface area (Å²) in [7, 11) is 0. The number of benzene rings is 1. The van der Waals surface area contributed by atoms with Gasteiger partial charge in [-0.05, 0) is 23.8 Å². The van der Waals surface area contributed by atoms with Crippen molar-refractivity contribution in [2.75, 3.05) is 0 Å². The molecule has 2 aromatic rings. The van der Waals surface area contributed by atoms with Crippen molar-refractivity contribution in [1.82, 2.24) is 0 Å². The molecular formula is C12H6N2O. The number of hydrogen-bond donors (Lipinski definition) is 0. The van der Waals surface area contributed by atoms with Crippen LogP contribution in [0.4, 0.5) is 0 Å². The van der Waals surface area contributed by atoms with Gasteiger partial charge in [-0.3, -0.25) is 0 Å². The van der Waals surface area contributed by atoms with E-state index >= 15 is 0 Å². The van der Waals surface area contributed by atoms with Crippen molar-refractivity contribution in [2.45, 2.75) is 0 Å².